The zero-order valence-corrected chi connectivity index (χ0v) is 15.4. The van der Waals surface area contributed by atoms with Gasteiger partial charge in [0.05, 0.1) is 6.42 Å². The number of carbonyl (C=O) groups excluding carboxylic acids is 3. The van der Waals surface area contributed by atoms with Crippen LogP contribution in [0, 0.1) is 0 Å². The number of nitrogens with one attached hydrogen (secondary N) is 1. The Morgan fingerprint density at radius 3 is 2.61 bits per heavy atom. The van der Waals surface area contributed by atoms with Gasteiger partial charge in [0.25, 0.3) is 0 Å². The second kappa shape index (κ2) is 5.79. The molecule has 3 amide bonds. The van der Waals surface area contributed by atoms with Crippen LogP contribution < -0.4 is 4.90 Å². The van der Waals surface area contributed by atoms with E-state index in [0.717, 1.165) is 16.5 Å². The Morgan fingerprint density at radius 1 is 1.00 bits per heavy atom. The third-order valence-electron chi connectivity index (χ3n) is 6.00. The molecular formula is C22H19N3O3. The van der Waals surface area contributed by atoms with Crippen LogP contribution in [0.4, 0.5) is 5.69 Å². The van der Waals surface area contributed by atoms with Crippen LogP contribution in [0.2, 0.25) is 0 Å². The molecule has 1 spiro atoms. The van der Waals surface area contributed by atoms with Crippen molar-refractivity contribution in [1.29, 1.82) is 0 Å². The summed E-state index contributed by atoms with van der Waals surface area (Å²) in [4.78, 5) is 45.1. The summed E-state index contributed by atoms with van der Waals surface area (Å²) in [5, 5.41) is 1.08. The summed E-state index contributed by atoms with van der Waals surface area (Å²) in [5.41, 5.74) is 2.01. The van der Waals surface area contributed by atoms with Crippen LogP contribution in [0.15, 0.2) is 54.7 Å². The van der Waals surface area contributed by atoms with E-state index in [1.165, 1.54) is 9.80 Å². The van der Waals surface area contributed by atoms with Gasteiger partial charge in [-0.25, -0.2) is 0 Å². The first-order valence-corrected chi connectivity index (χ1v) is 9.31. The third kappa shape index (κ3) is 2.05. The van der Waals surface area contributed by atoms with E-state index in [2.05, 4.69) is 4.98 Å². The Labute approximate surface area is 161 Å². The minimum atomic E-state index is -1.40. The number of likely N-dealkylation sites (tertiary alicyclic amines) is 1. The fraction of sp³-hybridized carbons (Fsp3) is 0.227. The minimum Gasteiger partial charge on any atom is -0.361 e. The topological polar surface area (TPSA) is 73.5 Å². The van der Waals surface area contributed by atoms with Crippen LogP contribution in [0.3, 0.4) is 0 Å². The number of anilines is 1. The van der Waals surface area contributed by atoms with Gasteiger partial charge in [0.1, 0.15) is 0 Å². The van der Waals surface area contributed by atoms with Crippen molar-refractivity contribution in [2.24, 2.45) is 0 Å². The molecule has 5 rings (SSSR count). The molecule has 0 aliphatic carbocycles. The number of H-pyrrole nitrogens is 1. The molecule has 0 saturated carbocycles. The maximum Gasteiger partial charge on any atom is 0.250 e. The normalized spacial score (nSPS) is 21.4. The van der Waals surface area contributed by atoms with Crippen LogP contribution in [0.1, 0.15) is 17.5 Å². The average Bonchev–Trinajstić information content (AvgIpc) is 3.30. The number of para-hydroxylation sites is 2. The summed E-state index contributed by atoms with van der Waals surface area (Å²) < 4.78 is 0. The number of hydrogen-bond donors (Lipinski definition) is 1. The van der Waals surface area contributed by atoms with Crippen molar-refractivity contribution in [2.45, 2.75) is 18.3 Å². The zero-order chi connectivity index (χ0) is 19.5. The molecule has 1 atom stereocenters. The van der Waals surface area contributed by atoms with Gasteiger partial charge in [-0.2, -0.15) is 0 Å². The molecule has 6 heteroatoms. The molecule has 1 N–H and O–H groups in total. The van der Waals surface area contributed by atoms with E-state index in [1.54, 1.807) is 19.2 Å². The highest BCUT2D eigenvalue weighted by molar-refractivity contribution is 6.28. The number of aromatic nitrogens is 1. The monoisotopic (exact) mass is 373 g/mol. The first-order valence-electron chi connectivity index (χ1n) is 9.31. The molecule has 2 aliphatic rings. The quantitative estimate of drug-likeness (QED) is 0.566. The van der Waals surface area contributed by atoms with Crippen LogP contribution in [-0.2, 0) is 26.2 Å². The predicted octanol–water partition coefficient (Wildman–Crippen LogP) is 2.38. The number of hydrogen-bond acceptors (Lipinski definition) is 3. The molecule has 3 aromatic rings. The lowest BCUT2D eigenvalue weighted by molar-refractivity contribution is -0.141. The smallest absolute Gasteiger partial charge is 0.250 e. The number of rotatable bonds is 3. The number of likely N-dealkylation sites (N-methyl/N-ethyl adjacent to an activating group) is 1. The zero-order valence-electron chi connectivity index (χ0n) is 15.4. The second-order valence-corrected chi connectivity index (χ2v) is 7.42. The standard InChI is InChI=1S/C22H19N3O3/c1-24-18-9-5-3-7-16(18)22(20(24)27)12-19(26)25(21(22)28)11-10-14-13-23-17-8-4-2-6-15(14)17/h2-9,13,23H,10-12H2,1H3/t22-/m1/s1. The molecule has 2 aromatic carbocycles. The summed E-state index contributed by atoms with van der Waals surface area (Å²) in [6, 6.07) is 15.2. The predicted molar refractivity (Wildman–Crippen MR) is 105 cm³/mol. The number of fused-ring (bicyclic) bond motifs is 3. The van der Waals surface area contributed by atoms with Crippen LogP contribution in [0.25, 0.3) is 10.9 Å². The molecule has 1 fully saturated rings. The molecule has 28 heavy (non-hydrogen) atoms. The lowest BCUT2D eigenvalue weighted by Gasteiger charge is -2.21. The number of aromatic amines is 1. The molecule has 0 unspecified atom stereocenters. The first-order chi connectivity index (χ1) is 13.5. The molecule has 1 aromatic heterocycles. The second-order valence-electron chi connectivity index (χ2n) is 7.42. The number of amides is 3. The molecular weight excluding hydrogens is 354 g/mol. The van der Waals surface area contributed by atoms with E-state index in [1.807, 2.05) is 42.6 Å². The SMILES string of the molecule is CN1C(=O)[C@@]2(CC(=O)N(CCc3c[nH]c4ccccc34)C2=O)c2ccccc21. The molecule has 0 radical (unpaired) electrons. The number of carbonyl (C=O) groups is 3. The fourth-order valence-electron chi connectivity index (χ4n) is 4.55. The summed E-state index contributed by atoms with van der Waals surface area (Å²) in [6.07, 6.45) is 2.36. The average molecular weight is 373 g/mol. The summed E-state index contributed by atoms with van der Waals surface area (Å²) in [6.45, 7) is 0.264. The summed E-state index contributed by atoms with van der Waals surface area (Å²) >= 11 is 0. The van der Waals surface area contributed by atoms with Crippen molar-refractivity contribution in [2.75, 3.05) is 18.5 Å². The Morgan fingerprint density at radius 2 is 1.75 bits per heavy atom. The van der Waals surface area contributed by atoms with Crippen LogP contribution >= 0.6 is 0 Å². The van der Waals surface area contributed by atoms with Gasteiger partial charge in [0, 0.05) is 41.9 Å². The van der Waals surface area contributed by atoms with E-state index < -0.39 is 11.3 Å². The van der Waals surface area contributed by atoms with Crippen molar-refractivity contribution in [3.05, 3.63) is 65.9 Å². The van der Waals surface area contributed by atoms with Crippen molar-refractivity contribution in [3.63, 3.8) is 0 Å². The van der Waals surface area contributed by atoms with Gasteiger partial charge in [0.2, 0.25) is 17.7 Å². The highest BCUT2D eigenvalue weighted by Gasteiger charge is 2.62. The van der Waals surface area contributed by atoms with E-state index in [0.29, 0.717) is 17.7 Å². The minimum absolute atomic E-state index is 0.0973. The fourth-order valence-corrected chi connectivity index (χ4v) is 4.55. The van der Waals surface area contributed by atoms with Crippen molar-refractivity contribution < 1.29 is 14.4 Å². The molecule has 140 valence electrons. The maximum absolute atomic E-state index is 13.3. The van der Waals surface area contributed by atoms with Gasteiger partial charge in [-0.3, -0.25) is 19.3 Å². The molecule has 3 heterocycles. The van der Waals surface area contributed by atoms with Gasteiger partial charge in [-0.15, -0.1) is 0 Å². The summed E-state index contributed by atoms with van der Waals surface area (Å²) in [7, 11) is 1.66. The number of nitrogens with zero attached hydrogens (tertiary/aromatic N) is 2. The van der Waals surface area contributed by atoms with E-state index in [9.17, 15) is 14.4 Å². The molecule has 1 saturated heterocycles. The molecule has 2 aliphatic heterocycles. The van der Waals surface area contributed by atoms with Gasteiger partial charge >= 0.3 is 0 Å². The van der Waals surface area contributed by atoms with Gasteiger partial charge in [0.15, 0.2) is 5.41 Å². The van der Waals surface area contributed by atoms with Crippen LogP contribution in [-0.4, -0.2) is 41.2 Å². The highest BCUT2D eigenvalue weighted by Crippen LogP contribution is 2.47. The van der Waals surface area contributed by atoms with E-state index >= 15 is 0 Å². The number of imide groups is 1. The van der Waals surface area contributed by atoms with Gasteiger partial charge in [-0.05, 0) is 24.1 Å². The number of benzene rings is 2. The molecule has 6 nitrogen and oxygen atoms in total. The third-order valence-corrected chi connectivity index (χ3v) is 6.00. The van der Waals surface area contributed by atoms with Crippen molar-refractivity contribution >= 4 is 34.3 Å². The van der Waals surface area contributed by atoms with Gasteiger partial charge in [-0.1, -0.05) is 36.4 Å². The van der Waals surface area contributed by atoms with Crippen LogP contribution in [0.5, 0.6) is 0 Å². The Hall–Kier alpha value is -3.41. The maximum atomic E-state index is 13.3. The van der Waals surface area contributed by atoms with Crippen molar-refractivity contribution in [1.82, 2.24) is 9.88 Å². The lowest BCUT2D eigenvalue weighted by Crippen LogP contribution is -2.45. The summed E-state index contributed by atoms with van der Waals surface area (Å²) in [5.74, 6) is -1.01. The lowest BCUT2D eigenvalue weighted by atomic mass is 9.80. The van der Waals surface area contributed by atoms with Gasteiger partial charge < -0.3 is 9.88 Å². The van der Waals surface area contributed by atoms with Crippen molar-refractivity contribution in [3.8, 4) is 0 Å². The Balaban J connectivity index is 1.46. The Kier molecular flexibility index (Phi) is 3.46. The molecule has 0 bridgehead atoms. The highest BCUT2D eigenvalue weighted by atomic mass is 16.2. The van der Waals surface area contributed by atoms with E-state index in [4.69, 9.17) is 0 Å². The largest absolute Gasteiger partial charge is 0.361 e. The first kappa shape index (κ1) is 16.7. The Bertz CT molecular complexity index is 1150. The van der Waals surface area contributed by atoms with E-state index in [-0.39, 0.29) is 24.8 Å².